The summed E-state index contributed by atoms with van der Waals surface area (Å²) in [4.78, 5) is 16.5. The van der Waals surface area contributed by atoms with Gasteiger partial charge in [-0.2, -0.15) is 0 Å². The Kier molecular flexibility index (Phi) is 4.88. The van der Waals surface area contributed by atoms with E-state index in [2.05, 4.69) is 22.4 Å². The SMILES string of the molecule is O=C(CC1CCCC1)NC(Cn1ccnc1)c1ccccc1. The van der Waals surface area contributed by atoms with Crippen LogP contribution in [0.5, 0.6) is 0 Å². The summed E-state index contributed by atoms with van der Waals surface area (Å²) < 4.78 is 2.01. The molecule has 1 fully saturated rings. The molecule has 4 nitrogen and oxygen atoms in total. The molecule has 1 aromatic carbocycles. The number of rotatable bonds is 6. The number of amides is 1. The number of carbonyl (C=O) groups is 1. The zero-order valence-electron chi connectivity index (χ0n) is 12.8. The van der Waals surface area contributed by atoms with E-state index in [9.17, 15) is 4.79 Å². The molecule has 0 spiro atoms. The van der Waals surface area contributed by atoms with Crippen LogP contribution in [0.3, 0.4) is 0 Å². The Labute approximate surface area is 131 Å². The molecule has 0 saturated heterocycles. The van der Waals surface area contributed by atoms with Gasteiger partial charge in [0.2, 0.25) is 5.91 Å². The minimum atomic E-state index is -0.00990. The highest BCUT2D eigenvalue weighted by molar-refractivity contribution is 5.76. The van der Waals surface area contributed by atoms with Crippen molar-refractivity contribution in [2.75, 3.05) is 0 Å². The molecule has 1 aliphatic rings. The van der Waals surface area contributed by atoms with Crippen molar-refractivity contribution in [2.24, 2.45) is 5.92 Å². The molecular formula is C18H23N3O. The molecule has 3 rings (SSSR count). The number of hydrogen-bond donors (Lipinski definition) is 1. The highest BCUT2D eigenvalue weighted by atomic mass is 16.1. The van der Waals surface area contributed by atoms with Crippen LogP contribution in [0.25, 0.3) is 0 Å². The van der Waals surface area contributed by atoms with Gasteiger partial charge in [0.25, 0.3) is 0 Å². The molecule has 1 saturated carbocycles. The number of benzene rings is 1. The Bertz CT molecular complexity index is 574. The Morgan fingerprint density at radius 1 is 1.27 bits per heavy atom. The molecule has 4 heteroatoms. The van der Waals surface area contributed by atoms with Crippen LogP contribution in [-0.2, 0) is 11.3 Å². The van der Waals surface area contributed by atoms with Crippen LogP contribution in [0.15, 0.2) is 49.1 Å². The van der Waals surface area contributed by atoms with E-state index < -0.39 is 0 Å². The standard InChI is InChI=1S/C18H23N3O/c22-18(12-15-6-4-5-7-15)20-17(13-21-11-10-19-14-21)16-8-2-1-3-9-16/h1-3,8-11,14-15,17H,4-7,12-13H2,(H,20,22). The van der Waals surface area contributed by atoms with E-state index in [-0.39, 0.29) is 11.9 Å². The quantitative estimate of drug-likeness (QED) is 0.889. The summed E-state index contributed by atoms with van der Waals surface area (Å²) in [6, 6.07) is 10.1. The largest absolute Gasteiger partial charge is 0.347 e. The molecule has 1 aromatic heterocycles. The van der Waals surface area contributed by atoms with Crippen molar-refractivity contribution in [2.45, 2.75) is 44.7 Å². The topological polar surface area (TPSA) is 46.9 Å². The van der Waals surface area contributed by atoms with Gasteiger partial charge < -0.3 is 9.88 Å². The summed E-state index contributed by atoms with van der Waals surface area (Å²) in [6.45, 7) is 0.709. The summed E-state index contributed by atoms with van der Waals surface area (Å²) in [7, 11) is 0. The molecule has 1 aliphatic carbocycles. The number of carbonyl (C=O) groups excluding carboxylic acids is 1. The fourth-order valence-electron chi connectivity index (χ4n) is 3.26. The van der Waals surface area contributed by atoms with Gasteiger partial charge in [-0.05, 0) is 24.3 Å². The first-order chi connectivity index (χ1) is 10.8. The first-order valence-corrected chi connectivity index (χ1v) is 8.11. The zero-order valence-corrected chi connectivity index (χ0v) is 12.8. The monoisotopic (exact) mass is 297 g/mol. The third kappa shape index (κ3) is 3.97. The van der Waals surface area contributed by atoms with Crippen molar-refractivity contribution < 1.29 is 4.79 Å². The molecule has 0 aliphatic heterocycles. The van der Waals surface area contributed by atoms with Crippen LogP contribution in [0.1, 0.15) is 43.7 Å². The minimum absolute atomic E-state index is 0.00990. The van der Waals surface area contributed by atoms with Gasteiger partial charge in [-0.25, -0.2) is 4.98 Å². The Morgan fingerprint density at radius 2 is 2.05 bits per heavy atom. The number of hydrogen-bond acceptors (Lipinski definition) is 2. The van der Waals surface area contributed by atoms with E-state index >= 15 is 0 Å². The smallest absolute Gasteiger partial charge is 0.220 e. The van der Waals surface area contributed by atoms with E-state index in [0.717, 1.165) is 5.56 Å². The predicted molar refractivity (Wildman–Crippen MR) is 86.1 cm³/mol. The molecule has 1 unspecified atom stereocenters. The zero-order chi connectivity index (χ0) is 15.2. The fraction of sp³-hybridized carbons (Fsp3) is 0.444. The van der Waals surface area contributed by atoms with Gasteiger partial charge in [-0.15, -0.1) is 0 Å². The van der Waals surface area contributed by atoms with Crippen LogP contribution in [0.2, 0.25) is 0 Å². The van der Waals surface area contributed by atoms with Gasteiger partial charge >= 0.3 is 0 Å². The summed E-state index contributed by atoms with van der Waals surface area (Å²) >= 11 is 0. The lowest BCUT2D eigenvalue weighted by Gasteiger charge is -2.21. The van der Waals surface area contributed by atoms with Crippen molar-refractivity contribution >= 4 is 5.91 Å². The Balaban J connectivity index is 1.66. The first-order valence-electron chi connectivity index (χ1n) is 8.11. The second-order valence-electron chi connectivity index (χ2n) is 6.14. The normalized spacial score (nSPS) is 16.5. The Hall–Kier alpha value is -2.10. The second-order valence-corrected chi connectivity index (χ2v) is 6.14. The molecular weight excluding hydrogens is 274 g/mol. The van der Waals surface area contributed by atoms with E-state index in [1.165, 1.54) is 25.7 Å². The van der Waals surface area contributed by atoms with E-state index in [1.807, 2.05) is 29.0 Å². The van der Waals surface area contributed by atoms with Gasteiger partial charge in [0.15, 0.2) is 0 Å². The third-order valence-corrected chi connectivity index (χ3v) is 4.44. The van der Waals surface area contributed by atoms with Gasteiger partial charge in [-0.1, -0.05) is 43.2 Å². The molecule has 0 radical (unpaired) electrons. The molecule has 1 heterocycles. The fourth-order valence-corrected chi connectivity index (χ4v) is 3.26. The number of aromatic nitrogens is 2. The molecule has 2 aromatic rings. The minimum Gasteiger partial charge on any atom is -0.347 e. The third-order valence-electron chi connectivity index (χ3n) is 4.44. The maximum atomic E-state index is 12.4. The highest BCUT2D eigenvalue weighted by Crippen LogP contribution is 2.27. The first kappa shape index (κ1) is 14.8. The van der Waals surface area contributed by atoms with E-state index in [4.69, 9.17) is 0 Å². The molecule has 22 heavy (non-hydrogen) atoms. The maximum absolute atomic E-state index is 12.4. The van der Waals surface area contributed by atoms with Crippen molar-refractivity contribution in [3.63, 3.8) is 0 Å². The number of imidazole rings is 1. The van der Waals surface area contributed by atoms with E-state index in [0.29, 0.717) is 18.9 Å². The van der Waals surface area contributed by atoms with Crippen molar-refractivity contribution in [1.29, 1.82) is 0 Å². The molecule has 1 N–H and O–H groups in total. The maximum Gasteiger partial charge on any atom is 0.220 e. The van der Waals surface area contributed by atoms with Gasteiger partial charge in [0, 0.05) is 25.4 Å². The van der Waals surface area contributed by atoms with Crippen LogP contribution < -0.4 is 5.32 Å². The van der Waals surface area contributed by atoms with Gasteiger partial charge in [0.1, 0.15) is 0 Å². The average Bonchev–Trinajstić information content (AvgIpc) is 3.21. The molecule has 0 bridgehead atoms. The summed E-state index contributed by atoms with van der Waals surface area (Å²) in [6.07, 6.45) is 11.1. The van der Waals surface area contributed by atoms with Crippen LogP contribution in [-0.4, -0.2) is 15.5 Å². The summed E-state index contributed by atoms with van der Waals surface area (Å²) in [5, 5.41) is 3.21. The highest BCUT2D eigenvalue weighted by Gasteiger charge is 2.21. The van der Waals surface area contributed by atoms with Crippen LogP contribution >= 0.6 is 0 Å². The predicted octanol–water partition coefficient (Wildman–Crippen LogP) is 3.32. The summed E-state index contributed by atoms with van der Waals surface area (Å²) in [5.41, 5.74) is 1.14. The average molecular weight is 297 g/mol. The van der Waals surface area contributed by atoms with Crippen molar-refractivity contribution in [3.05, 3.63) is 54.6 Å². The van der Waals surface area contributed by atoms with Gasteiger partial charge in [-0.3, -0.25) is 4.79 Å². The van der Waals surface area contributed by atoms with Crippen molar-refractivity contribution in [3.8, 4) is 0 Å². The lowest BCUT2D eigenvalue weighted by Crippen LogP contribution is -2.32. The number of nitrogens with zero attached hydrogens (tertiary/aromatic N) is 2. The summed E-state index contributed by atoms with van der Waals surface area (Å²) in [5.74, 6) is 0.741. The van der Waals surface area contributed by atoms with Crippen molar-refractivity contribution in [1.82, 2.24) is 14.9 Å². The lowest BCUT2D eigenvalue weighted by molar-refractivity contribution is -0.122. The second kappa shape index (κ2) is 7.25. The molecule has 1 atom stereocenters. The van der Waals surface area contributed by atoms with E-state index in [1.54, 1.807) is 12.5 Å². The van der Waals surface area contributed by atoms with Gasteiger partial charge in [0.05, 0.1) is 12.4 Å². The van der Waals surface area contributed by atoms with Crippen LogP contribution in [0.4, 0.5) is 0 Å². The molecule has 116 valence electrons. The number of nitrogens with one attached hydrogen (secondary N) is 1. The Morgan fingerprint density at radius 3 is 2.73 bits per heavy atom. The van der Waals surface area contributed by atoms with Crippen LogP contribution in [0, 0.1) is 5.92 Å². The molecule has 1 amide bonds. The lowest BCUT2D eigenvalue weighted by atomic mass is 10.0.